The van der Waals surface area contributed by atoms with Crippen LogP contribution in [0, 0.1) is 11.8 Å². The SMILES string of the molecule is CCC(O)(CC)CC1CC2CC(C(=O)OC(O)C(F)(F)S(=O)(=O)O)C1O2. The topological polar surface area (TPSA) is 130 Å². The van der Waals surface area contributed by atoms with E-state index in [1.54, 1.807) is 0 Å². The number of carbonyl (C=O) groups excluding carboxylic acids is 1. The van der Waals surface area contributed by atoms with Gasteiger partial charge in [-0.3, -0.25) is 9.35 Å². The lowest BCUT2D eigenvalue weighted by molar-refractivity contribution is -0.210. The number of esters is 1. The van der Waals surface area contributed by atoms with Gasteiger partial charge in [0.25, 0.3) is 6.29 Å². The number of alkyl halides is 2. The number of aliphatic hydroxyl groups is 2. The highest BCUT2D eigenvalue weighted by atomic mass is 32.2. The molecule has 0 aromatic rings. The summed E-state index contributed by atoms with van der Waals surface area (Å²) < 4.78 is 66.1. The molecule has 5 atom stereocenters. The van der Waals surface area contributed by atoms with E-state index in [-0.39, 0.29) is 18.4 Å². The van der Waals surface area contributed by atoms with E-state index in [2.05, 4.69) is 4.74 Å². The molecule has 2 aliphatic rings. The minimum atomic E-state index is -5.95. The van der Waals surface area contributed by atoms with E-state index in [4.69, 9.17) is 9.29 Å². The van der Waals surface area contributed by atoms with E-state index >= 15 is 0 Å². The van der Waals surface area contributed by atoms with Crippen LogP contribution in [0.2, 0.25) is 0 Å². The third kappa shape index (κ3) is 4.01. The molecule has 0 amide bonds. The highest BCUT2D eigenvalue weighted by molar-refractivity contribution is 7.86. The number of hydrogen-bond donors (Lipinski definition) is 3. The Labute approximate surface area is 150 Å². The smallest absolute Gasteiger partial charge is 0.428 e. The monoisotopic (exact) mass is 402 g/mol. The zero-order chi connectivity index (χ0) is 19.9. The summed E-state index contributed by atoms with van der Waals surface area (Å²) in [6, 6.07) is 0. The molecule has 0 aromatic carbocycles. The first kappa shape index (κ1) is 21.4. The van der Waals surface area contributed by atoms with Crippen molar-refractivity contribution in [2.45, 2.75) is 75.3 Å². The number of rotatable bonds is 8. The van der Waals surface area contributed by atoms with Gasteiger partial charge in [-0.2, -0.15) is 17.2 Å². The molecule has 2 aliphatic heterocycles. The Morgan fingerprint density at radius 2 is 1.88 bits per heavy atom. The number of halogens is 2. The molecule has 0 aromatic heterocycles. The van der Waals surface area contributed by atoms with Crippen LogP contribution in [0.5, 0.6) is 0 Å². The zero-order valence-electron chi connectivity index (χ0n) is 14.5. The normalized spacial score (nSPS) is 30.4. The minimum absolute atomic E-state index is 0.185. The summed E-state index contributed by atoms with van der Waals surface area (Å²) in [7, 11) is -5.95. The van der Waals surface area contributed by atoms with Crippen molar-refractivity contribution in [3.8, 4) is 0 Å². The minimum Gasteiger partial charge on any atom is -0.428 e. The molecule has 0 aliphatic carbocycles. The Bertz CT molecular complexity index is 634. The maximum absolute atomic E-state index is 13.3. The van der Waals surface area contributed by atoms with Crippen molar-refractivity contribution in [3.63, 3.8) is 0 Å². The second-order valence-electron chi connectivity index (χ2n) is 7.02. The van der Waals surface area contributed by atoms with E-state index < -0.39 is 45.3 Å². The Morgan fingerprint density at radius 1 is 1.31 bits per heavy atom. The molecule has 152 valence electrons. The van der Waals surface area contributed by atoms with Gasteiger partial charge in [-0.15, -0.1) is 0 Å². The van der Waals surface area contributed by atoms with Gasteiger partial charge in [0, 0.05) is 0 Å². The first-order valence-electron chi connectivity index (χ1n) is 8.46. The second kappa shape index (κ2) is 7.27. The highest BCUT2D eigenvalue weighted by Gasteiger charge is 2.57. The fourth-order valence-corrected chi connectivity index (χ4v) is 4.01. The van der Waals surface area contributed by atoms with Crippen molar-refractivity contribution in [2.75, 3.05) is 0 Å². The Hall–Kier alpha value is -0.880. The van der Waals surface area contributed by atoms with E-state index in [0.717, 1.165) is 0 Å². The largest absolute Gasteiger partial charge is 0.430 e. The molecule has 11 heteroatoms. The van der Waals surface area contributed by atoms with Crippen LogP contribution in [-0.4, -0.2) is 58.5 Å². The first-order chi connectivity index (χ1) is 11.8. The van der Waals surface area contributed by atoms with E-state index in [0.29, 0.717) is 25.7 Å². The lowest BCUT2D eigenvalue weighted by Gasteiger charge is -2.33. The standard InChI is InChI=1S/C15H24F2O8S/c1-3-14(20,4-2)7-8-5-9-6-10(11(8)24-9)12(18)25-13(19)15(16,17)26(21,22)23/h8-11,13,19-20H,3-7H2,1-2H3,(H,21,22,23). The second-order valence-corrected chi connectivity index (χ2v) is 8.52. The lowest BCUT2D eigenvalue weighted by atomic mass is 9.75. The number of ether oxygens (including phenoxy) is 2. The van der Waals surface area contributed by atoms with Crippen LogP contribution in [0.1, 0.15) is 46.0 Å². The molecule has 3 N–H and O–H groups in total. The van der Waals surface area contributed by atoms with Gasteiger partial charge in [-0.05, 0) is 38.0 Å². The molecule has 26 heavy (non-hydrogen) atoms. The van der Waals surface area contributed by atoms with E-state index in [1.807, 2.05) is 13.8 Å². The molecule has 2 rings (SSSR count). The predicted molar refractivity (Wildman–Crippen MR) is 83.6 cm³/mol. The summed E-state index contributed by atoms with van der Waals surface area (Å²) in [4.78, 5) is 12.1. The Kier molecular flexibility index (Phi) is 5.99. The van der Waals surface area contributed by atoms with Crippen LogP contribution in [-0.2, 0) is 24.4 Å². The molecule has 0 radical (unpaired) electrons. The zero-order valence-corrected chi connectivity index (χ0v) is 15.3. The van der Waals surface area contributed by atoms with Crippen LogP contribution >= 0.6 is 0 Å². The molecule has 0 saturated carbocycles. The molecule has 2 saturated heterocycles. The van der Waals surface area contributed by atoms with Crippen molar-refractivity contribution < 1.29 is 46.2 Å². The maximum Gasteiger partial charge on any atom is 0.430 e. The molecule has 2 fully saturated rings. The average Bonchev–Trinajstić information content (AvgIpc) is 3.13. The van der Waals surface area contributed by atoms with Crippen LogP contribution in [0.15, 0.2) is 0 Å². The molecular weight excluding hydrogens is 378 g/mol. The molecular formula is C15H24F2O8S. The lowest BCUT2D eigenvalue weighted by Crippen LogP contribution is -2.46. The van der Waals surface area contributed by atoms with Gasteiger partial charge < -0.3 is 19.7 Å². The predicted octanol–water partition coefficient (Wildman–Crippen LogP) is 1.06. The van der Waals surface area contributed by atoms with Crippen LogP contribution in [0.4, 0.5) is 8.78 Å². The summed E-state index contributed by atoms with van der Waals surface area (Å²) in [5.41, 5.74) is -0.926. The van der Waals surface area contributed by atoms with Gasteiger partial charge in [0.15, 0.2) is 0 Å². The summed E-state index contributed by atoms with van der Waals surface area (Å²) in [5, 5.41) is 14.7. The van der Waals surface area contributed by atoms with Crippen molar-refractivity contribution in [3.05, 3.63) is 0 Å². The summed E-state index contributed by atoms with van der Waals surface area (Å²) in [6.07, 6.45) is -2.10. The highest BCUT2D eigenvalue weighted by Crippen LogP contribution is 2.47. The summed E-state index contributed by atoms with van der Waals surface area (Å²) in [6.45, 7) is 3.66. The third-order valence-electron chi connectivity index (χ3n) is 5.41. The van der Waals surface area contributed by atoms with Crippen LogP contribution < -0.4 is 0 Å². The van der Waals surface area contributed by atoms with Crippen molar-refractivity contribution >= 4 is 16.1 Å². The number of aliphatic hydroxyl groups excluding tert-OH is 1. The Morgan fingerprint density at radius 3 is 2.35 bits per heavy atom. The molecule has 2 bridgehead atoms. The van der Waals surface area contributed by atoms with Gasteiger partial charge in [-0.1, -0.05) is 13.8 Å². The van der Waals surface area contributed by atoms with E-state index in [1.165, 1.54) is 0 Å². The summed E-state index contributed by atoms with van der Waals surface area (Å²) >= 11 is 0. The van der Waals surface area contributed by atoms with E-state index in [9.17, 15) is 32.2 Å². The number of carbonyl (C=O) groups is 1. The third-order valence-corrected chi connectivity index (χ3v) is 6.30. The van der Waals surface area contributed by atoms with Crippen molar-refractivity contribution in [1.29, 1.82) is 0 Å². The first-order valence-corrected chi connectivity index (χ1v) is 9.90. The fraction of sp³-hybridized carbons (Fsp3) is 0.933. The van der Waals surface area contributed by atoms with Crippen LogP contribution in [0.3, 0.4) is 0 Å². The molecule has 2 heterocycles. The van der Waals surface area contributed by atoms with Crippen molar-refractivity contribution in [2.24, 2.45) is 11.8 Å². The maximum atomic E-state index is 13.3. The average molecular weight is 402 g/mol. The Balaban J connectivity index is 2.05. The van der Waals surface area contributed by atoms with Crippen LogP contribution in [0.25, 0.3) is 0 Å². The van der Waals surface area contributed by atoms with Gasteiger partial charge in [-0.25, -0.2) is 0 Å². The molecule has 5 unspecified atom stereocenters. The molecule has 8 nitrogen and oxygen atoms in total. The van der Waals surface area contributed by atoms with Crippen molar-refractivity contribution in [1.82, 2.24) is 0 Å². The quantitative estimate of drug-likeness (QED) is 0.312. The fourth-order valence-electron chi connectivity index (χ4n) is 3.70. The van der Waals surface area contributed by atoms with Gasteiger partial charge in [0.05, 0.1) is 23.7 Å². The number of hydrogen-bond acceptors (Lipinski definition) is 7. The van der Waals surface area contributed by atoms with Gasteiger partial charge >= 0.3 is 21.3 Å². The molecule has 0 spiro atoms. The van der Waals surface area contributed by atoms with Gasteiger partial charge in [0.1, 0.15) is 0 Å². The van der Waals surface area contributed by atoms with Gasteiger partial charge in [0.2, 0.25) is 0 Å². The number of fused-ring (bicyclic) bond motifs is 2. The summed E-state index contributed by atoms with van der Waals surface area (Å²) in [5.74, 6) is -2.37.